The van der Waals surface area contributed by atoms with Gasteiger partial charge in [-0.05, 0) is 0 Å². The third-order valence-electron chi connectivity index (χ3n) is 1.35. The van der Waals surface area contributed by atoms with Crippen LogP contribution in [0.4, 0.5) is 10.1 Å². The Morgan fingerprint density at radius 2 is 2.42 bits per heavy atom. The summed E-state index contributed by atoms with van der Waals surface area (Å²) in [5.41, 5.74) is 4.61. The Kier molecular flexibility index (Phi) is 2.65. The molecule has 2 N–H and O–H groups in total. The molecule has 0 aliphatic carbocycles. The second-order valence-electron chi connectivity index (χ2n) is 2.14. The first-order valence-electron chi connectivity index (χ1n) is 3.23. The van der Waals surface area contributed by atoms with Gasteiger partial charge in [0.05, 0.1) is 12.9 Å². The fourth-order valence-electron chi connectivity index (χ4n) is 0.736. The minimum absolute atomic E-state index is 0.0462. The van der Waals surface area contributed by atoms with Crippen LogP contribution in [0.2, 0.25) is 5.15 Å². The Balaban J connectivity index is 3.18. The van der Waals surface area contributed by atoms with Crippen LogP contribution in [0.15, 0.2) is 11.1 Å². The number of hydrogen-bond donors (Lipinski definition) is 1. The third-order valence-corrected chi connectivity index (χ3v) is 1.65. The van der Waals surface area contributed by atoms with Crippen molar-refractivity contribution in [3.05, 3.63) is 21.8 Å². The Hall–Kier alpha value is -1.10. The van der Waals surface area contributed by atoms with Gasteiger partial charge in [0.15, 0.2) is 5.15 Å². The molecule has 0 atom stereocenters. The molecule has 12 heavy (non-hydrogen) atoms. The smallest absolute Gasteiger partial charge is 0.278 e. The fourth-order valence-corrected chi connectivity index (χ4v) is 0.860. The molecule has 0 aliphatic heterocycles. The van der Waals surface area contributed by atoms with E-state index in [0.29, 0.717) is 0 Å². The van der Waals surface area contributed by atoms with Crippen molar-refractivity contribution in [2.24, 2.45) is 0 Å². The molecule has 0 bridgehead atoms. The molecule has 0 aliphatic rings. The first kappa shape index (κ1) is 8.99. The summed E-state index contributed by atoms with van der Waals surface area (Å²) >= 11 is 5.44. The van der Waals surface area contributed by atoms with Crippen molar-refractivity contribution in [1.82, 2.24) is 9.55 Å². The summed E-state index contributed by atoms with van der Waals surface area (Å²) in [4.78, 5) is 14.7. The van der Waals surface area contributed by atoms with E-state index in [4.69, 9.17) is 17.3 Å². The molecule has 0 fully saturated rings. The molecule has 0 radical (unpaired) electrons. The third kappa shape index (κ3) is 1.55. The molecule has 1 rings (SSSR count). The number of hydrogen-bond acceptors (Lipinski definition) is 3. The van der Waals surface area contributed by atoms with Crippen molar-refractivity contribution in [2.45, 2.75) is 6.54 Å². The molecule has 6 heteroatoms. The quantitative estimate of drug-likeness (QED) is 0.691. The van der Waals surface area contributed by atoms with Crippen LogP contribution in [0.3, 0.4) is 0 Å². The lowest BCUT2D eigenvalue weighted by molar-refractivity contribution is 0.438. The van der Waals surface area contributed by atoms with Gasteiger partial charge in [0.1, 0.15) is 12.4 Å². The molecule has 0 saturated carbocycles. The lowest BCUT2D eigenvalue weighted by Gasteiger charge is -2.02. The average Bonchev–Trinajstić information content (AvgIpc) is 2.07. The normalized spacial score (nSPS) is 10.2. The highest BCUT2D eigenvalue weighted by Gasteiger charge is 2.04. The van der Waals surface area contributed by atoms with Crippen molar-refractivity contribution < 1.29 is 4.39 Å². The Morgan fingerprint density at radius 1 is 1.75 bits per heavy atom. The first-order valence-corrected chi connectivity index (χ1v) is 3.61. The van der Waals surface area contributed by atoms with Crippen LogP contribution >= 0.6 is 11.6 Å². The van der Waals surface area contributed by atoms with E-state index in [1.165, 1.54) is 6.33 Å². The van der Waals surface area contributed by atoms with Crippen molar-refractivity contribution in [2.75, 3.05) is 12.4 Å². The lowest BCUT2D eigenvalue weighted by Crippen LogP contribution is -2.24. The number of aryl methyl sites for hydroxylation is 1. The summed E-state index contributed by atoms with van der Waals surface area (Å²) < 4.78 is 12.9. The number of nitrogens with zero attached hydrogens (tertiary/aromatic N) is 2. The van der Waals surface area contributed by atoms with Crippen molar-refractivity contribution in [3.8, 4) is 0 Å². The fraction of sp³-hybridized carbons (Fsp3) is 0.333. The van der Waals surface area contributed by atoms with Crippen LogP contribution in [0, 0.1) is 0 Å². The van der Waals surface area contributed by atoms with Crippen molar-refractivity contribution in [3.63, 3.8) is 0 Å². The van der Waals surface area contributed by atoms with Gasteiger partial charge in [0.2, 0.25) is 0 Å². The number of nitrogen functional groups attached to an aromatic ring is 1. The summed E-state index contributed by atoms with van der Waals surface area (Å²) in [6.45, 7) is -0.685. The molecular formula is C6H7ClFN3O. The topological polar surface area (TPSA) is 60.9 Å². The molecule has 1 aromatic heterocycles. The predicted molar refractivity (Wildman–Crippen MR) is 43.9 cm³/mol. The van der Waals surface area contributed by atoms with E-state index in [-0.39, 0.29) is 17.4 Å². The summed E-state index contributed by atoms with van der Waals surface area (Å²) in [6, 6.07) is 0. The average molecular weight is 192 g/mol. The van der Waals surface area contributed by atoms with Crippen LogP contribution in [-0.4, -0.2) is 16.2 Å². The maximum absolute atomic E-state index is 11.8. The molecule has 0 saturated heterocycles. The molecule has 0 amide bonds. The van der Waals surface area contributed by atoms with Crippen LogP contribution < -0.4 is 11.3 Å². The number of nitrogens with two attached hydrogens (primary N) is 1. The minimum Gasteiger partial charge on any atom is -0.392 e. The zero-order valence-corrected chi connectivity index (χ0v) is 6.88. The molecule has 1 aromatic rings. The number of halogens is 2. The Labute approximate surface area is 72.8 Å². The van der Waals surface area contributed by atoms with Crippen molar-refractivity contribution in [1.29, 1.82) is 0 Å². The number of anilines is 1. The Morgan fingerprint density at radius 3 is 3.00 bits per heavy atom. The zero-order chi connectivity index (χ0) is 9.14. The number of aromatic nitrogens is 2. The summed E-state index contributed by atoms with van der Waals surface area (Å²) in [7, 11) is 0. The highest BCUT2D eigenvalue weighted by atomic mass is 35.5. The highest BCUT2D eigenvalue weighted by Crippen LogP contribution is 2.07. The van der Waals surface area contributed by atoms with Crippen LogP contribution in [0.25, 0.3) is 0 Å². The molecule has 1 heterocycles. The molecule has 4 nitrogen and oxygen atoms in total. The van der Waals surface area contributed by atoms with E-state index in [2.05, 4.69) is 4.98 Å². The maximum atomic E-state index is 11.8. The number of rotatable bonds is 2. The second kappa shape index (κ2) is 3.53. The summed E-state index contributed by atoms with van der Waals surface area (Å²) in [6.07, 6.45) is 1.17. The van der Waals surface area contributed by atoms with E-state index < -0.39 is 12.2 Å². The second-order valence-corrected chi connectivity index (χ2v) is 2.49. The van der Waals surface area contributed by atoms with Crippen LogP contribution in [-0.2, 0) is 6.54 Å². The van der Waals surface area contributed by atoms with Gasteiger partial charge in [-0.15, -0.1) is 0 Å². The maximum Gasteiger partial charge on any atom is 0.278 e. The van der Waals surface area contributed by atoms with E-state index in [9.17, 15) is 9.18 Å². The summed E-state index contributed by atoms with van der Waals surface area (Å²) in [5, 5.41) is -0.0462. The van der Waals surface area contributed by atoms with Crippen molar-refractivity contribution >= 4 is 17.3 Å². The van der Waals surface area contributed by atoms with Gasteiger partial charge in [-0.1, -0.05) is 11.6 Å². The van der Waals surface area contributed by atoms with Gasteiger partial charge in [-0.2, -0.15) is 0 Å². The highest BCUT2D eigenvalue weighted by molar-refractivity contribution is 6.31. The van der Waals surface area contributed by atoms with E-state index >= 15 is 0 Å². The zero-order valence-electron chi connectivity index (χ0n) is 6.13. The number of alkyl halides is 1. The first-order chi connectivity index (χ1) is 5.66. The van der Waals surface area contributed by atoms with Gasteiger partial charge < -0.3 is 5.73 Å². The SMILES string of the molecule is Nc1c(Cl)ncn(CCF)c1=O. The molecule has 0 aromatic carbocycles. The standard InChI is InChI=1S/C6H7ClFN3O/c7-5-4(9)6(12)11(2-1-8)3-10-5/h3H,1-2,9H2. The molecule has 66 valence electrons. The molecular weight excluding hydrogens is 185 g/mol. The summed E-state index contributed by atoms with van der Waals surface area (Å²) in [5.74, 6) is 0. The van der Waals surface area contributed by atoms with E-state index in [0.717, 1.165) is 4.57 Å². The lowest BCUT2D eigenvalue weighted by atomic mass is 10.5. The van der Waals surface area contributed by atoms with Gasteiger partial charge in [0.25, 0.3) is 5.56 Å². The monoisotopic (exact) mass is 191 g/mol. The predicted octanol–water partition coefficient (Wildman–Crippen LogP) is 0.448. The molecule has 0 unspecified atom stereocenters. The van der Waals surface area contributed by atoms with Gasteiger partial charge in [0, 0.05) is 0 Å². The van der Waals surface area contributed by atoms with Gasteiger partial charge in [-0.3, -0.25) is 9.36 Å². The minimum atomic E-state index is -0.636. The van der Waals surface area contributed by atoms with Gasteiger partial charge in [-0.25, -0.2) is 9.37 Å². The molecule has 0 spiro atoms. The van der Waals surface area contributed by atoms with Gasteiger partial charge >= 0.3 is 0 Å². The van der Waals surface area contributed by atoms with E-state index in [1.54, 1.807) is 0 Å². The van der Waals surface area contributed by atoms with E-state index in [1.807, 2.05) is 0 Å². The largest absolute Gasteiger partial charge is 0.392 e. The Bertz CT molecular complexity index is 338. The van der Waals surface area contributed by atoms with Crippen LogP contribution in [0.1, 0.15) is 0 Å². The van der Waals surface area contributed by atoms with Crippen LogP contribution in [0.5, 0.6) is 0 Å².